The minimum absolute atomic E-state index is 0.134. The quantitative estimate of drug-likeness (QED) is 0.848. The maximum absolute atomic E-state index is 9.64. The second-order valence-electron chi connectivity index (χ2n) is 4.84. The van der Waals surface area contributed by atoms with Gasteiger partial charge in [-0.25, -0.2) is 0 Å². The molecule has 2 rings (SSSR count). The van der Waals surface area contributed by atoms with Crippen molar-refractivity contribution in [3.05, 3.63) is 35.9 Å². The first-order chi connectivity index (χ1) is 8.59. The van der Waals surface area contributed by atoms with Crippen LogP contribution in [0.2, 0.25) is 0 Å². The van der Waals surface area contributed by atoms with Gasteiger partial charge in [-0.05, 0) is 12.5 Å². The average molecular weight is 252 g/mol. The van der Waals surface area contributed by atoms with Crippen molar-refractivity contribution in [2.75, 3.05) is 0 Å². The molecule has 1 aliphatic heterocycles. The van der Waals surface area contributed by atoms with E-state index >= 15 is 0 Å². The lowest BCUT2D eigenvalue weighted by Crippen LogP contribution is -2.32. The summed E-state index contributed by atoms with van der Waals surface area (Å²) in [4.78, 5) is 0. The Morgan fingerprint density at radius 1 is 1.28 bits per heavy atom. The second kappa shape index (κ2) is 5.80. The first-order valence-electron chi connectivity index (χ1n) is 6.26. The summed E-state index contributed by atoms with van der Waals surface area (Å²) in [5.74, 6) is -0.134. The Balaban J connectivity index is 1.87. The molecule has 0 spiro atoms. The molecule has 100 valence electrons. The van der Waals surface area contributed by atoms with Crippen LogP contribution in [0.1, 0.15) is 19.4 Å². The van der Waals surface area contributed by atoms with Crippen molar-refractivity contribution in [1.82, 2.24) is 0 Å². The lowest BCUT2D eigenvalue weighted by atomic mass is 9.97. The van der Waals surface area contributed by atoms with Crippen LogP contribution in [0.3, 0.4) is 0 Å². The fraction of sp³-hybridized carbons (Fsp3) is 0.571. The maximum Gasteiger partial charge on any atom is 0.181 e. The van der Waals surface area contributed by atoms with Crippen molar-refractivity contribution in [2.45, 2.75) is 45.1 Å². The van der Waals surface area contributed by atoms with Crippen molar-refractivity contribution < 1.29 is 19.7 Å². The number of aliphatic hydroxyl groups is 2. The highest BCUT2D eigenvalue weighted by molar-refractivity contribution is 5.13. The van der Waals surface area contributed by atoms with Gasteiger partial charge in [-0.3, -0.25) is 0 Å². The van der Waals surface area contributed by atoms with Gasteiger partial charge in [-0.1, -0.05) is 37.3 Å². The molecule has 0 amide bonds. The standard InChI is InChI=1S/C14H20O4/c1-9-12(15)14(16)18-13(9)10(2)17-8-11-6-4-3-5-7-11/h3-7,9-10,12-16H,8H2,1-2H3/t9-,10-,12+,13-,14-/m0/s1. The van der Waals surface area contributed by atoms with Crippen LogP contribution < -0.4 is 0 Å². The van der Waals surface area contributed by atoms with Gasteiger partial charge in [-0.15, -0.1) is 0 Å². The van der Waals surface area contributed by atoms with Gasteiger partial charge in [0.25, 0.3) is 0 Å². The first kappa shape index (κ1) is 13.5. The average Bonchev–Trinajstić information content (AvgIpc) is 2.65. The monoisotopic (exact) mass is 252 g/mol. The summed E-state index contributed by atoms with van der Waals surface area (Å²) in [6.07, 6.45) is -2.39. The van der Waals surface area contributed by atoms with Gasteiger partial charge >= 0.3 is 0 Å². The molecule has 0 aromatic heterocycles. The van der Waals surface area contributed by atoms with Crippen molar-refractivity contribution in [3.8, 4) is 0 Å². The molecule has 0 radical (unpaired) electrons. The molecule has 1 fully saturated rings. The summed E-state index contributed by atoms with van der Waals surface area (Å²) in [6.45, 7) is 4.25. The predicted molar refractivity (Wildman–Crippen MR) is 66.7 cm³/mol. The first-order valence-corrected chi connectivity index (χ1v) is 6.26. The Hall–Kier alpha value is -0.940. The smallest absolute Gasteiger partial charge is 0.181 e. The van der Waals surface area contributed by atoms with Crippen LogP contribution in [-0.2, 0) is 16.1 Å². The number of ether oxygens (including phenoxy) is 2. The highest BCUT2D eigenvalue weighted by atomic mass is 16.6. The Labute approximate surface area is 107 Å². The van der Waals surface area contributed by atoms with Crippen molar-refractivity contribution in [1.29, 1.82) is 0 Å². The van der Waals surface area contributed by atoms with E-state index in [0.717, 1.165) is 5.56 Å². The summed E-state index contributed by atoms with van der Waals surface area (Å²) in [5, 5.41) is 19.1. The van der Waals surface area contributed by atoms with Crippen molar-refractivity contribution in [3.63, 3.8) is 0 Å². The molecule has 0 bridgehead atoms. The van der Waals surface area contributed by atoms with Gasteiger partial charge < -0.3 is 19.7 Å². The SMILES string of the molecule is C[C@H]1[C@@H](O)[C@@H](O)O[C@@H]1[C@H](C)OCc1ccccc1. The lowest BCUT2D eigenvalue weighted by Gasteiger charge is -2.23. The van der Waals surface area contributed by atoms with Crippen LogP contribution in [0.15, 0.2) is 30.3 Å². The van der Waals surface area contributed by atoms with Crippen LogP contribution in [-0.4, -0.2) is 34.8 Å². The molecule has 4 heteroatoms. The van der Waals surface area contributed by atoms with Gasteiger partial charge in [-0.2, -0.15) is 0 Å². The molecule has 1 heterocycles. The largest absolute Gasteiger partial charge is 0.387 e. The molecular formula is C14H20O4. The minimum atomic E-state index is -1.10. The molecule has 18 heavy (non-hydrogen) atoms. The van der Waals surface area contributed by atoms with Gasteiger partial charge in [0.1, 0.15) is 6.10 Å². The van der Waals surface area contributed by atoms with E-state index in [-0.39, 0.29) is 18.1 Å². The predicted octanol–water partition coefficient (Wildman–Crippen LogP) is 1.31. The zero-order chi connectivity index (χ0) is 13.1. The second-order valence-corrected chi connectivity index (χ2v) is 4.84. The number of benzene rings is 1. The topological polar surface area (TPSA) is 58.9 Å². The molecule has 1 aliphatic rings. The van der Waals surface area contributed by atoms with Gasteiger partial charge in [0.15, 0.2) is 6.29 Å². The minimum Gasteiger partial charge on any atom is -0.387 e. The summed E-state index contributed by atoms with van der Waals surface area (Å²) in [6, 6.07) is 9.88. The normalized spacial score (nSPS) is 33.6. The molecule has 0 saturated carbocycles. The number of hydrogen-bond acceptors (Lipinski definition) is 4. The van der Waals surface area contributed by atoms with Crippen LogP contribution in [0, 0.1) is 5.92 Å². The van der Waals surface area contributed by atoms with E-state index in [1.165, 1.54) is 0 Å². The third-order valence-corrected chi connectivity index (χ3v) is 3.46. The van der Waals surface area contributed by atoms with E-state index < -0.39 is 12.4 Å². The summed E-state index contributed by atoms with van der Waals surface area (Å²) in [7, 11) is 0. The highest BCUT2D eigenvalue weighted by Gasteiger charge is 2.42. The Morgan fingerprint density at radius 2 is 1.94 bits per heavy atom. The number of aliphatic hydroxyl groups excluding tert-OH is 2. The van der Waals surface area contributed by atoms with E-state index in [4.69, 9.17) is 9.47 Å². The molecule has 2 N–H and O–H groups in total. The third kappa shape index (κ3) is 2.90. The Bertz CT molecular complexity index is 367. The lowest BCUT2D eigenvalue weighted by molar-refractivity contribution is -0.152. The highest BCUT2D eigenvalue weighted by Crippen LogP contribution is 2.29. The van der Waals surface area contributed by atoms with Gasteiger partial charge in [0, 0.05) is 5.92 Å². The van der Waals surface area contributed by atoms with Crippen LogP contribution in [0.5, 0.6) is 0 Å². The van der Waals surface area contributed by atoms with E-state index in [2.05, 4.69) is 0 Å². The molecule has 1 saturated heterocycles. The number of rotatable bonds is 4. The number of hydrogen-bond donors (Lipinski definition) is 2. The summed E-state index contributed by atoms with van der Waals surface area (Å²) < 4.78 is 11.0. The van der Waals surface area contributed by atoms with Crippen molar-refractivity contribution >= 4 is 0 Å². The van der Waals surface area contributed by atoms with E-state index in [9.17, 15) is 10.2 Å². The zero-order valence-electron chi connectivity index (χ0n) is 10.7. The molecule has 0 aliphatic carbocycles. The third-order valence-electron chi connectivity index (χ3n) is 3.46. The van der Waals surface area contributed by atoms with E-state index in [0.29, 0.717) is 6.61 Å². The molecule has 5 atom stereocenters. The van der Waals surface area contributed by atoms with E-state index in [1.54, 1.807) is 0 Å². The molecular weight excluding hydrogens is 232 g/mol. The van der Waals surface area contributed by atoms with Crippen LogP contribution in [0.25, 0.3) is 0 Å². The zero-order valence-corrected chi connectivity index (χ0v) is 10.7. The molecule has 1 aromatic carbocycles. The van der Waals surface area contributed by atoms with Crippen molar-refractivity contribution in [2.24, 2.45) is 5.92 Å². The molecule has 0 unspecified atom stereocenters. The van der Waals surface area contributed by atoms with E-state index in [1.807, 2.05) is 44.2 Å². The van der Waals surface area contributed by atoms with Gasteiger partial charge in [0.2, 0.25) is 0 Å². The van der Waals surface area contributed by atoms with Crippen LogP contribution in [0.4, 0.5) is 0 Å². The fourth-order valence-electron chi connectivity index (χ4n) is 2.25. The maximum atomic E-state index is 9.64. The summed E-state index contributed by atoms with van der Waals surface area (Å²) >= 11 is 0. The molecule has 4 nitrogen and oxygen atoms in total. The fourth-order valence-corrected chi connectivity index (χ4v) is 2.25. The Morgan fingerprint density at radius 3 is 2.50 bits per heavy atom. The molecule has 1 aromatic rings. The van der Waals surface area contributed by atoms with Gasteiger partial charge in [0.05, 0.1) is 18.8 Å². The van der Waals surface area contributed by atoms with Crippen LogP contribution >= 0.6 is 0 Å². The summed E-state index contributed by atoms with van der Waals surface area (Å²) in [5.41, 5.74) is 1.09. The Kier molecular flexibility index (Phi) is 4.35.